The van der Waals surface area contributed by atoms with Crippen molar-refractivity contribution in [3.63, 3.8) is 0 Å². The molecular formula is C20H22FN3O. The van der Waals surface area contributed by atoms with Crippen LogP contribution in [0.1, 0.15) is 18.9 Å². The molecule has 25 heavy (non-hydrogen) atoms. The Morgan fingerprint density at radius 2 is 2.00 bits per heavy atom. The van der Waals surface area contributed by atoms with Crippen molar-refractivity contribution in [2.75, 3.05) is 13.1 Å². The fraction of sp³-hybridized carbons (Fsp3) is 0.350. The van der Waals surface area contributed by atoms with Crippen molar-refractivity contribution in [2.24, 2.45) is 5.92 Å². The number of imidazole rings is 1. The van der Waals surface area contributed by atoms with Gasteiger partial charge in [0.2, 0.25) is 0 Å². The number of aromatic nitrogens is 2. The molecule has 0 saturated carbocycles. The number of para-hydroxylation sites is 2. The van der Waals surface area contributed by atoms with Gasteiger partial charge in [-0.15, -0.1) is 0 Å². The molecule has 0 amide bonds. The van der Waals surface area contributed by atoms with E-state index in [9.17, 15) is 4.39 Å². The Bertz CT molecular complexity index is 859. The summed E-state index contributed by atoms with van der Waals surface area (Å²) in [6, 6.07) is 15.3. The molecule has 1 aliphatic heterocycles. The van der Waals surface area contributed by atoms with Crippen LogP contribution in [0.2, 0.25) is 0 Å². The van der Waals surface area contributed by atoms with Gasteiger partial charge in [0.05, 0.1) is 17.6 Å². The first-order chi connectivity index (χ1) is 12.2. The van der Waals surface area contributed by atoms with Crippen LogP contribution in [0.15, 0.2) is 48.5 Å². The van der Waals surface area contributed by atoms with Gasteiger partial charge in [-0.25, -0.2) is 4.39 Å². The SMILES string of the molecule is C[C@H]1CNCC[C@@H]1Oc1nc2ccccc2n1Cc1ccc(F)cc1. The molecule has 0 spiro atoms. The van der Waals surface area contributed by atoms with E-state index in [1.54, 1.807) is 12.1 Å². The van der Waals surface area contributed by atoms with E-state index in [1.807, 2.05) is 24.3 Å². The Hall–Kier alpha value is -2.40. The van der Waals surface area contributed by atoms with Crippen LogP contribution in [-0.2, 0) is 6.54 Å². The normalized spacial score (nSPS) is 20.7. The van der Waals surface area contributed by atoms with E-state index in [1.165, 1.54) is 12.1 Å². The molecular weight excluding hydrogens is 317 g/mol. The number of nitrogens with one attached hydrogen (secondary N) is 1. The lowest BCUT2D eigenvalue weighted by molar-refractivity contribution is 0.0976. The van der Waals surface area contributed by atoms with Crippen LogP contribution in [0.25, 0.3) is 11.0 Å². The Labute approximate surface area is 146 Å². The second-order valence-corrected chi connectivity index (χ2v) is 6.72. The number of piperidine rings is 1. The Morgan fingerprint density at radius 3 is 2.80 bits per heavy atom. The third-order valence-corrected chi connectivity index (χ3v) is 4.84. The third-order valence-electron chi connectivity index (χ3n) is 4.84. The zero-order chi connectivity index (χ0) is 17.2. The number of nitrogens with zero attached hydrogens (tertiary/aromatic N) is 2. The fourth-order valence-electron chi connectivity index (χ4n) is 3.37. The molecule has 2 heterocycles. The summed E-state index contributed by atoms with van der Waals surface area (Å²) in [7, 11) is 0. The monoisotopic (exact) mass is 339 g/mol. The van der Waals surface area contributed by atoms with E-state index in [4.69, 9.17) is 9.72 Å². The van der Waals surface area contributed by atoms with Crippen molar-refractivity contribution in [1.29, 1.82) is 0 Å². The predicted octanol–water partition coefficient (Wildman–Crippen LogP) is 3.60. The number of benzene rings is 2. The molecule has 4 nitrogen and oxygen atoms in total. The highest BCUT2D eigenvalue weighted by atomic mass is 19.1. The number of halogens is 1. The van der Waals surface area contributed by atoms with Gasteiger partial charge >= 0.3 is 0 Å². The molecule has 0 bridgehead atoms. The van der Waals surface area contributed by atoms with Crippen LogP contribution >= 0.6 is 0 Å². The van der Waals surface area contributed by atoms with Gasteiger partial charge in [0, 0.05) is 12.5 Å². The fourth-order valence-corrected chi connectivity index (χ4v) is 3.37. The lowest BCUT2D eigenvalue weighted by Crippen LogP contribution is -2.41. The second-order valence-electron chi connectivity index (χ2n) is 6.72. The molecule has 5 heteroatoms. The molecule has 1 N–H and O–H groups in total. The maximum Gasteiger partial charge on any atom is 0.297 e. The van der Waals surface area contributed by atoms with Gasteiger partial charge in [-0.3, -0.25) is 4.57 Å². The zero-order valence-corrected chi connectivity index (χ0v) is 14.3. The molecule has 2 atom stereocenters. The highest BCUT2D eigenvalue weighted by Crippen LogP contribution is 2.26. The third kappa shape index (κ3) is 3.37. The Kier molecular flexibility index (Phi) is 4.40. The van der Waals surface area contributed by atoms with E-state index in [0.717, 1.165) is 36.1 Å². The Morgan fingerprint density at radius 1 is 1.20 bits per heavy atom. The zero-order valence-electron chi connectivity index (χ0n) is 14.3. The van der Waals surface area contributed by atoms with Gasteiger partial charge in [-0.05, 0) is 42.8 Å². The van der Waals surface area contributed by atoms with Crippen LogP contribution in [0.3, 0.4) is 0 Å². The maximum absolute atomic E-state index is 13.2. The highest BCUT2D eigenvalue weighted by molar-refractivity contribution is 5.76. The number of ether oxygens (including phenoxy) is 1. The minimum Gasteiger partial charge on any atom is -0.461 e. The minimum absolute atomic E-state index is 0.157. The largest absolute Gasteiger partial charge is 0.461 e. The van der Waals surface area contributed by atoms with Crippen LogP contribution < -0.4 is 10.1 Å². The second kappa shape index (κ2) is 6.84. The highest BCUT2D eigenvalue weighted by Gasteiger charge is 2.25. The summed E-state index contributed by atoms with van der Waals surface area (Å²) in [6.45, 7) is 4.73. The van der Waals surface area contributed by atoms with Gasteiger partial charge in [-0.2, -0.15) is 4.98 Å². The molecule has 0 radical (unpaired) electrons. The molecule has 1 saturated heterocycles. The summed E-state index contributed by atoms with van der Waals surface area (Å²) in [4.78, 5) is 4.70. The van der Waals surface area contributed by atoms with E-state index in [-0.39, 0.29) is 11.9 Å². The van der Waals surface area contributed by atoms with Crippen molar-refractivity contribution in [3.8, 4) is 6.01 Å². The molecule has 1 aliphatic rings. The van der Waals surface area contributed by atoms with Crippen molar-refractivity contribution < 1.29 is 9.13 Å². The minimum atomic E-state index is -0.223. The average molecular weight is 339 g/mol. The summed E-state index contributed by atoms with van der Waals surface area (Å²) in [5, 5.41) is 3.39. The van der Waals surface area contributed by atoms with Crippen molar-refractivity contribution in [1.82, 2.24) is 14.9 Å². The lowest BCUT2D eigenvalue weighted by atomic mass is 9.98. The first-order valence-corrected chi connectivity index (χ1v) is 8.78. The maximum atomic E-state index is 13.2. The molecule has 4 rings (SSSR count). The number of fused-ring (bicyclic) bond motifs is 1. The van der Waals surface area contributed by atoms with Gasteiger partial charge in [0.15, 0.2) is 0 Å². The summed E-state index contributed by atoms with van der Waals surface area (Å²) in [5.41, 5.74) is 2.97. The predicted molar refractivity (Wildman–Crippen MR) is 96.3 cm³/mol. The van der Waals surface area contributed by atoms with Gasteiger partial charge < -0.3 is 10.1 Å². The summed E-state index contributed by atoms with van der Waals surface area (Å²) in [5.74, 6) is 0.215. The van der Waals surface area contributed by atoms with Crippen molar-refractivity contribution >= 4 is 11.0 Å². The van der Waals surface area contributed by atoms with E-state index >= 15 is 0 Å². The first-order valence-electron chi connectivity index (χ1n) is 8.78. The first kappa shape index (κ1) is 16.1. The van der Waals surface area contributed by atoms with Crippen LogP contribution in [0, 0.1) is 11.7 Å². The van der Waals surface area contributed by atoms with Crippen LogP contribution in [0.5, 0.6) is 6.01 Å². The standard InChI is InChI=1S/C20H22FN3O/c1-14-12-22-11-10-19(14)25-20-23-17-4-2-3-5-18(17)24(20)13-15-6-8-16(21)9-7-15/h2-9,14,19,22H,10-13H2,1H3/t14-,19-/m0/s1. The van der Waals surface area contributed by atoms with Crippen LogP contribution in [0.4, 0.5) is 4.39 Å². The van der Waals surface area contributed by atoms with E-state index < -0.39 is 0 Å². The summed E-state index contributed by atoms with van der Waals surface area (Å²) in [6.07, 6.45) is 1.13. The molecule has 1 fully saturated rings. The number of hydrogen-bond donors (Lipinski definition) is 1. The molecule has 0 aliphatic carbocycles. The number of rotatable bonds is 4. The van der Waals surface area contributed by atoms with Crippen LogP contribution in [-0.4, -0.2) is 28.7 Å². The summed E-state index contributed by atoms with van der Waals surface area (Å²) >= 11 is 0. The molecule has 1 aromatic heterocycles. The van der Waals surface area contributed by atoms with E-state index in [2.05, 4.69) is 16.8 Å². The number of hydrogen-bond acceptors (Lipinski definition) is 3. The van der Waals surface area contributed by atoms with Gasteiger partial charge in [0.1, 0.15) is 11.9 Å². The summed E-state index contributed by atoms with van der Waals surface area (Å²) < 4.78 is 21.6. The average Bonchev–Trinajstić information content (AvgIpc) is 2.96. The molecule has 130 valence electrons. The van der Waals surface area contributed by atoms with Crippen molar-refractivity contribution in [2.45, 2.75) is 26.0 Å². The topological polar surface area (TPSA) is 39.1 Å². The quantitative estimate of drug-likeness (QED) is 0.789. The molecule has 3 aromatic rings. The molecule has 0 unspecified atom stereocenters. The van der Waals surface area contributed by atoms with E-state index in [0.29, 0.717) is 18.5 Å². The molecule has 2 aromatic carbocycles. The smallest absolute Gasteiger partial charge is 0.297 e. The lowest BCUT2D eigenvalue weighted by Gasteiger charge is -2.29. The van der Waals surface area contributed by atoms with Gasteiger partial charge in [0.25, 0.3) is 6.01 Å². The van der Waals surface area contributed by atoms with Gasteiger partial charge in [-0.1, -0.05) is 31.2 Å². The Balaban J connectivity index is 1.68. The van der Waals surface area contributed by atoms with Crippen molar-refractivity contribution in [3.05, 3.63) is 59.9 Å².